The van der Waals surface area contributed by atoms with Crippen molar-refractivity contribution in [3.8, 4) is 16.9 Å². The van der Waals surface area contributed by atoms with Crippen LogP contribution in [-0.2, 0) is 6.61 Å². The van der Waals surface area contributed by atoms with E-state index in [1.54, 1.807) is 12.1 Å². The Balaban J connectivity index is 1.67. The smallest absolute Gasteiger partial charge is 0.344 e. The second kappa shape index (κ2) is 5.96. The van der Waals surface area contributed by atoms with Gasteiger partial charge in [-0.25, -0.2) is 4.79 Å². The van der Waals surface area contributed by atoms with Crippen LogP contribution in [0.4, 0.5) is 0 Å². The van der Waals surface area contributed by atoms with E-state index in [1.807, 2.05) is 42.5 Å². The first-order valence-corrected chi connectivity index (χ1v) is 7.23. The molecule has 0 saturated carbocycles. The highest BCUT2D eigenvalue weighted by molar-refractivity contribution is 5.82. The van der Waals surface area contributed by atoms with E-state index in [1.165, 1.54) is 0 Å². The molecule has 0 radical (unpaired) electrons. The second-order valence-corrected chi connectivity index (χ2v) is 5.10. The molecule has 0 atom stereocenters. The number of benzene rings is 2. The van der Waals surface area contributed by atoms with Gasteiger partial charge in [-0.15, -0.1) is 0 Å². The molecule has 24 heavy (non-hydrogen) atoms. The lowest BCUT2D eigenvalue weighted by molar-refractivity contribution is 0.295. The lowest BCUT2D eigenvalue weighted by Crippen LogP contribution is -2.03. The van der Waals surface area contributed by atoms with Crippen LogP contribution in [0, 0.1) is 0 Å². The van der Waals surface area contributed by atoms with Gasteiger partial charge in [0.15, 0.2) is 0 Å². The van der Waals surface area contributed by atoms with Gasteiger partial charge in [-0.1, -0.05) is 30.3 Å². The molecule has 0 saturated heterocycles. The van der Waals surface area contributed by atoms with Crippen LogP contribution in [0.1, 0.15) is 5.82 Å². The van der Waals surface area contributed by atoms with E-state index in [0.29, 0.717) is 22.7 Å². The standard InChI is InChI=1S/C17H11N4O3/c22-17-14(11-4-2-1-3-5-11)8-12-6-7-13(9-15(12)24-17)23-10-16-18-20-21-19-16/h1-9H,10H2/q-1. The molecule has 4 aromatic rings. The predicted octanol–water partition coefficient (Wildman–Crippen LogP) is 2.18. The van der Waals surface area contributed by atoms with Gasteiger partial charge in [0.25, 0.3) is 0 Å². The first-order valence-electron chi connectivity index (χ1n) is 7.23. The van der Waals surface area contributed by atoms with Crippen molar-refractivity contribution >= 4 is 11.0 Å². The maximum atomic E-state index is 12.2. The van der Waals surface area contributed by atoms with Crippen LogP contribution in [0.15, 0.2) is 63.8 Å². The molecule has 4 rings (SSSR count). The van der Waals surface area contributed by atoms with Crippen molar-refractivity contribution in [1.82, 2.24) is 20.6 Å². The summed E-state index contributed by atoms with van der Waals surface area (Å²) in [5.74, 6) is 0.930. The number of hydrogen-bond donors (Lipinski definition) is 0. The Kier molecular flexibility index (Phi) is 3.51. The topological polar surface area (TPSA) is 92.2 Å². The lowest BCUT2D eigenvalue weighted by Gasteiger charge is -2.07. The Morgan fingerprint density at radius 2 is 1.96 bits per heavy atom. The van der Waals surface area contributed by atoms with Gasteiger partial charge in [0.05, 0.1) is 5.56 Å². The summed E-state index contributed by atoms with van der Waals surface area (Å²) >= 11 is 0. The minimum atomic E-state index is -0.390. The summed E-state index contributed by atoms with van der Waals surface area (Å²) in [6.07, 6.45) is 0. The van der Waals surface area contributed by atoms with Gasteiger partial charge < -0.3 is 14.3 Å². The van der Waals surface area contributed by atoms with Crippen molar-refractivity contribution in [2.24, 2.45) is 0 Å². The highest BCUT2D eigenvalue weighted by atomic mass is 16.5. The SMILES string of the molecule is O=c1oc2cc(OCc3nnn[n-]3)ccc2cc1-c1ccccc1. The molecule has 2 aromatic carbocycles. The fraction of sp³-hybridized carbons (Fsp3) is 0.0588. The minimum Gasteiger partial charge on any atom is -0.488 e. The van der Waals surface area contributed by atoms with Crippen LogP contribution in [0.5, 0.6) is 5.75 Å². The number of rotatable bonds is 4. The maximum absolute atomic E-state index is 12.2. The summed E-state index contributed by atoms with van der Waals surface area (Å²) in [7, 11) is 0. The zero-order valence-corrected chi connectivity index (χ0v) is 12.4. The average molecular weight is 319 g/mol. The van der Waals surface area contributed by atoms with Crippen molar-refractivity contribution in [3.05, 3.63) is 70.8 Å². The summed E-state index contributed by atoms with van der Waals surface area (Å²) in [4.78, 5) is 12.2. The van der Waals surface area contributed by atoms with Gasteiger partial charge in [-0.3, -0.25) is 10.3 Å². The van der Waals surface area contributed by atoms with E-state index in [4.69, 9.17) is 9.15 Å². The molecule has 118 valence electrons. The third-order valence-corrected chi connectivity index (χ3v) is 3.52. The van der Waals surface area contributed by atoms with Crippen LogP contribution in [-0.4, -0.2) is 15.5 Å². The molecule has 0 N–H and O–H groups in total. The van der Waals surface area contributed by atoms with Crippen LogP contribution in [0.3, 0.4) is 0 Å². The summed E-state index contributed by atoms with van der Waals surface area (Å²) in [6.45, 7) is 0.144. The van der Waals surface area contributed by atoms with Gasteiger partial charge in [-0.05, 0) is 23.8 Å². The highest BCUT2D eigenvalue weighted by Gasteiger charge is 2.08. The van der Waals surface area contributed by atoms with Gasteiger partial charge in [-0.2, -0.15) is 5.21 Å². The van der Waals surface area contributed by atoms with E-state index in [2.05, 4.69) is 20.6 Å². The fourth-order valence-electron chi connectivity index (χ4n) is 2.37. The quantitative estimate of drug-likeness (QED) is 0.532. The van der Waals surface area contributed by atoms with Gasteiger partial charge in [0.2, 0.25) is 0 Å². The average Bonchev–Trinajstić information content (AvgIpc) is 3.13. The zero-order chi connectivity index (χ0) is 16.4. The van der Waals surface area contributed by atoms with E-state index in [0.717, 1.165) is 10.9 Å². The molecule has 0 aliphatic rings. The monoisotopic (exact) mass is 319 g/mol. The molecule has 7 heteroatoms. The Morgan fingerprint density at radius 3 is 2.75 bits per heavy atom. The third-order valence-electron chi connectivity index (χ3n) is 3.52. The Labute approximate surface area is 135 Å². The second-order valence-electron chi connectivity index (χ2n) is 5.10. The molecule has 7 nitrogen and oxygen atoms in total. The predicted molar refractivity (Wildman–Crippen MR) is 85.4 cm³/mol. The summed E-state index contributed by atoms with van der Waals surface area (Å²) in [5.41, 5.74) is 1.41. The van der Waals surface area contributed by atoms with Crippen molar-refractivity contribution in [2.45, 2.75) is 6.61 Å². The van der Waals surface area contributed by atoms with Crippen molar-refractivity contribution in [1.29, 1.82) is 0 Å². The maximum Gasteiger partial charge on any atom is 0.344 e. The van der Waals surface area contributed by atoms with Crippen molar-refractivity contribution in [3.63, 3.8) is 0 Å². The number of aromatic nitrogens is 4. The molecule has 2 aromatic heterocycles. The molecule has 0 amide bonds. The number of fused-ring (bicyclic) bond motifs is 1. The fourth-order valence-corrected chi connectivity index (χ4v) is 2.37. The molecule has 2 heterocycles. The minimum absolute atomic E-state index is 0.144. The van der Waals surface area contributed by atoms with E-state index < -0.39 is 5.63 Å². The first kappa shape index (κ1) is 14.1. The molecule has 0 aliphatic carbocycles. The molecule has 0 unspecified atom stereocenters. The highest BCUT2D eigenvalue weighted by Crippen LogP contribution is 2.24. The van der Waals surface area contributed by atoms with E-state index in [9.17, 15) is 4.79 Å². The van der Waals surface area contributed by atoms with Crippen LogP contribution < -0.4 is 15.5 Å². The van der Waals surface area contributed by atoms with Crippen LogP contribution in [0.2, 0.25) is 0 Å². The van der Waals surface area contributed by atoms with Crippen LogP contribution >= 0.6 is 0 Å². The van der Waals surface area contributed by atoms with E-state index >= 15 is 0 Å². The van der Waals surface area contributed by atoms with Crippen LogP contribution in [0.25, 0.3) is 22.1 Å². The molecule has 0 spiro atoms. The number of tetrazole rings is 1. The van der Waals surface area contributed by atoms with Gasteiger partial charge in [0, 0.05) is 17.3 Å². The number of ether oxygens (including phenoxy) is 1. The first-order chi connectivity index (χ1) is 11.8. The van der Waals surface area contributed by atoms with Crippen molar-refractivity contribution in [2.75, 3.05) is 0 Å². The number of nitrogens with zero attached hydrogens (tertiary/aromatic N) is 4. The molecular weight excluding hydrogens is 308 g/mol. The largest absolute Gasteiger partial charge is 0.488 e. The van der Waals surface area contributed by atoms with E-state index in [-0.39, 0.29) is 6.61 Å². The molecular formula is C17H11N4O3-. The molecule has 0 fully saturated rings. The third kappa shape index (κ3) is 2.74. The summed E-state index contributed by atoms with van der Waals surface area (Å²) in [5, 5.41) is 14.9. The zero-order valence-electron chi connectivity index (χ0n) is 12.4. The molecule has 0 aliphatic heterocycles. The molecule has 0 bridgehead atoms. The normalized spacial score (nSPS) is 10.8. The summed E-state index contributed by atoms with van der Waals surface area (Å²) in [6, 6.07) is 16.5. The summed E-state index contributed by atoms with van der Waals surface area (Å²) < 4.78 is 11.0. The Bertz CT molecular complexity index is 1030. The Hall–Kier alpha value is -3.48. The van der Waals surface area contributed by atoms with Gasteiger partial charge >= 0.3 is 5.63 Å². The number of hydrogen-bond acceptors (Lipinski definition) is 6. The van der Waals surface area contributed by atoms with Gasteiger partial charge in [0.1, 0.15) is 17.9 Å². The van der Waals surface area contributed by atoms with Crippen molar-refractivity contribution < 1.29 is 9.15 Å². The Morgan fingerprint density at radius 1 is 1.08 bits per heavy atom. The lowest BCUT2D eigenvalue weighted by atomic mass is 10.1.